The van der Waals surface area contributed by atoms with Crippen molar-refractivity contribution in [2.24, 2.45) is 0 Å². The lowest BCUT2D eigenvalue weighted by atomic mass is 9.88. The summed E-state index contributed by atoms with van der Waals surface area (Å²) < 4.78 is 90.9. The molecule has 0 spiro atoms. The predicted octanol–water partition coefficient (Wildman–Crippen LogP) is 5.21. The number of nitriles is 1. The van der Waals surface area contributed by atoms with Crippen LogP contribution in [-0.4, -0.2) is 38.1 Å². The van der Waals surface area contributed by atoms with Gasteiger partial charge in [0.1, 0.15) is 18.4 Å². The number of hydrogen-bond acceptors (Lipinski definition) is 5. The van der Waals surface area contributed by atoms with Crippen LogP contribution < -0.4 is 15.4 Å². The highest BCUT2D eigenvalue weighted by atomic mass is 19.4. The minimum Gasteiger partial charge on any atom is -0.492 e. The van der Waals surface area contributed by atoms with Crippen LogP contribution in [0.2, 0.25) is 0 Å². The minimum absolute atomic E-state index is 0.130. The first kappa shape index (κ1) is 25.2. The molecular weight excluding hydrogens is 468 g/mol. The molecule has 2 aromatic rings. The Morgan fingerprint density at radius 2 is 1.82 bits per heavy atom. The van der Waals surface area contributed by atoms with Crippen LogP contribution >= 0.6 is 0 Å². The van der Waals surface area contributed by atoms with Gasteiger partial charge < -0.3 is 9.47 Å². The number of anilines is 1. The number of alkyl halides is 6. The Morgan fingerprint density at radius 1 is 1.15 bits per heavy atom. The van der Waals surface area contributed by atoms with E-state index in [0.29, 0.717) is 17.5 Å². The molecule has 1 saturated heterocycles. The number of rotatable bonds is 5. The van der Waals surface area contributed by atoms with Crippen molar-refractivity contribution in [3.63, 3.8) is 0 Å². The molecule has 1 aliphatic rings. The van der Waals surface area contributed by atoms with E-state index in [0.717, 1.165) is 12.1 Å². The molecule has 34 heavy (non-hydrogen) atoms. The highest BCUT2D eigenvalue weighted by Gasteiger charge is 2.51. The van der Waals surface area contributed by atoms with Gasteiger partial charge in [0.15, 0.2) is 0 Å². The number of carbonyl (C=O) groups is 1. The number of halogens is 6. The van der Waals surface area contributed by atoms with E-state index in [9.17, 15) is 31.1 Å². The number of amides is 1. The summed E-state index contributed by atoms with van der Waals surface area (Å²) in [5, 5.41) is 13.8. The zero-order valence-corrected chi connectivity index (χ0v) is 17.6. The van der Waals surface area contributed by atoms with Gasteiger partial charge >= 0.3 is 18.4 Å². The number of ether oxygens (including phenoxy) is 2. The molecule has 3 rings (SSSR count). The van der Waals surface area contributed by atoms with Crippen molar-refractivity contribution in [3.8, 4) is 11.8 Å². The van der Waals surface area contributed by atoms with Crippen molar-refractivity contribution in [3.05, 3.63) is 59.2 Å². The van der Waals surface area contributed by atoms with Crippen molar-refractivity contribution in [2.75, 3.05) is 19.0 Å². The number of hydrogen-bond donors (Lipinski definition) is 2. The molecule has 6 nitrogen and oxygen atoms in total. The smallest absolute Gasteiger partial charge is 0.417 e. The van der Waals surface area contributed by atoms with Crippen molar-refractivity contribution >= 4 is 11.8 Å². The Bertz CT molecular complexity index is 1060. The lowest BCUT2D eigenvalue weighted by molar-refractivity contribution is -0.156. The normalized spacial score (nSPS) is 20.5. The maximum atomic E-state index is 13.7. The largest absolute Gasteiger partial charge is 0.492 e. The number of methoxy groups -OCH3 is 1. The topological polar surface area (TPSA) is 83.4 Å². The quantitative estimate of drug-likeness (QED) is 0.566. The van der Waals surface area contributed by atoms with Crippen LogP contribution in [0.1, 0.15) is 29.0 Å². The number of benzene rings is 2. The van der Waals surface area contributed by atoms with Crippen LogP contribution in [-0.2, 0) is 10.9 Å². The van der Waals surface area contributed by atoms with Gasteiger partial charge in [-0.1, -0.05) is 6.07 Å². The average molecular weight is 487 g/mol. The van der Waals surface area contributed by atoms with E-state index in [2.05, 4.69) is 15.4 Å². The molecular formula is C22H19F6N3O3. The second kappa shape index (κ2) is 9.80. The van der Waals surface area contributed by atoms with Gasteiger partial charge in [-0.25, -0.2) is 4.79 Å². The first-order chi connectivity index (χ1) is 15.9. The van der Waals surface area contributed by atoms with Gasteiger partial charge in [-0.15, -0.1) is 0 Å². The molecule has 182 valence electrons. The lowest BCUT2D eigenvalue weighted by Crippen LogP contribution is -2.44. The second-order valence-electron chi connectivity index (χ2n) is 7.59. The van der Waals surface area contributed by atoms with Gasteiger partial charge in [0, 0.05) is 17.6 Å². The summed E-state index contributed by atoms with van der Waals surface area (Å²) in [6.07, 6.45) is -10.4. The Morgan fingerprint density at radius 3 is 2.38 bits per heavy atom. The minimum atomic E-state index is -4.88. The lowest BCUT2D eigenvalue weighted by Gasteiger charge is -2.23. The summed E-state index contributed by atoms with van der Waals surface area (Å²) in [5.74, 6) is -0.976. The molecule has 1 heterocycles. The standard InChI is InChI=1S/C22H19F6N3O3/c1-33-20(32)31-14-4-6-16(7-5-14)34-11-15-9-17(19(30-15)22(26,27)28)12-2-3-13(10-29)18(8-12)21(23,24)25/h2-8,15,17,19,30H,9,11H2,1H3,(H,31,32). The maximum Gasteiger partial charge on any atom is 0.417 e. The Labute approximate surface area is 190 Å². The molecule has 2 aromatic carbocycles. The first-order valence-corrected chi connectivity index (χ1v) is 9.94. The van der Waals surface area contributed by atoms with Crippen LogP contribution in [0.5, 0.6) is 5.75 Å². The Hall–Kier alpha value is -3.46. The van der Waals surface area contributed by atoms with Crippen molar-refractivity contribution in [1.82, 2.24) is 5.32 Å². The molecule has 1 amide bonds. The monoisotopic (exact) mass is 487 g/mol. The van der Waals surface area contributed by atoms with Crippen molar-refractivity contribution in [2.45, 2.75) is 36.8 Å². The number of nitrogens with zero attached hydrogens (tertiary/aromatic N) is 1. The van der Waals surface area contributed by atoms with Gasteiger partial charge in [0.25, 0.3) is 0 Å². The summed E-state index contributed by atoms with van der Waals surface area (Å²) in [6, 6.07) is 7.16. The number of nitrogens with one attached hydrogen (secondary N) is 2. The van der Waals surface area contributed by atoms with E-state index >= 15 is 0 Å². The third-order valence-corrected chi connectivity index (χ3v) is 5.34. The second-order valence-corrected chi connectivity index (χ2v) is 7.59. The summed E-state index contributed by atoms with van der Waals surface area (Å²) in [5.41, 5.74) is -1.68. The number of carbonyl (C=O) groups excluding carboxylic acids is 1. The van der Waals surface area contributed by atoms with E-state index in [4.69, 9.17) is 10.00 Å². The van der Waals surface area contributed by atoms with Gasteiger partial charge in [0.2, 0.25) is 0 Å². The van der Waals surface area contributed by atoms with Gasteiger partial charge in [-0.05, 0) is 48.4 Å². The summed E-state index contributed by atoms with van der Waals surface area (Å²) in [4.78, 5) is 11.2. The fourth-order valence-electron chi connectivity index (χ4n) is 3.77. The average Bonchev–Trinajstić information content (AvgIpc) is 3.22. The van der Waals surface area contributed by atoms with Gasteiger partial charge in [-0.2, -0.15) is 31.6 Å². The molecule has 0 bridgehead atoms. The van der Waals surface area contributed by atoms with Crippen LogP contribution in [0.15, 0.2) is 42.5 Å². The molecule has 1 fully saturated rings. The molecule has 0 saturated carbocycles. The molecule has 0 aromatic heterocycles. The van der Waals surface area contributed by atoms with E-state index in [1.807, 2.05) is 0 Å². The molecule has 3 unspecified atom stereocenters. The molecule has 0 aliphatic carbocycles. The summed E-state index contributed by atoms with van der Waals surface area (Å²) >= 11 is 0. The highest BCUT2D eigenvalue weighted by Crippen LogP contribution is 2.42. The maximum absolute atomic E-state index is 13.7. The van der Waals surface area contributed by atoms with E-state index in [1.165, 1.54) is 37.4 Å². The summed E-state index contributed by atoms with van der Waals surface area (Å²) in [7, 11) is 1.20. The van der Waals surface area contributed by atoms with Crippen LogP contribution in [0.25, 0.3) is 0 Å². The predicted molar refractivity (Wildman–Crippen MR) is 108 cm³/mol. The van der Waals surface area contributed by atoms with Gasteiger partial charge in [0.05, 0.1) is 24.3 Å². The van der Waals surface area contributed by atoms with E-state index < -0.39 is 47.6 Å². The van der Waals surface area contributed by atoms with Crippen molar-refractivity contribution in [1.29, 1.82) is 5.26 Å². The third kappa shape index (κ3) is 5.91. The molecule has 2 N–H and O–H groups in total. The van der Waals surface area contributed by atoms with Crippen LogP contribution in [0.3, 0.4) is 0 Å². The van der Waals surface area contributed by atoms with Crippen LogP contribution in [0, 0.1) is 11.3 Å². The zero-order valence-electron chi connectivity index (χ0n) is 17.6. The fraction of sp³-hybridized carbons (Fsp3) is 0.364. The van der Waals surface area contributed by atoms with Gasteiger partial charge in [-0.3, -0.25) is 10.6 Å². The van der Waals surface area contributed by atoms with E-state index in [-0.39, 0.29) is 18.6 Å². The molecule has 3 atom stereocenters. The fourth-order valence-corrected chi connectivity index (χ4v) is 3.77. The SMILES string of the molecule is COC(=O)Nc1ccc(OCC2CC(c3ccc(C#N)c(C(F)(F)F)c3)C(C(F)(F)F)N2)cc1. The molecule has 12 heteroatoms. The van der Waals surface area contributed by atoms with E-state index in [1.54, 1.807) is 0 Å². The first-order valence-electron chi connectivity index (χ1n) is 9.94. The molecule has 0 radical (unpaired) electrons. The van der Waals surface area contributed by atoms with Crippen LogP contribution in [0.4, 0.5) is 36.8 Å². The van der Waals surface area contributed by atoms with Crippen molar-refractivity contribution < 1.29 is 40.6 Å². The zero-order chi connectivity index (χ0) is 25.1. The molecule has 1 aliphatic heterocycles. The Balaban J connectivity index is 1.75. The third-order valence-electron chi connectivity index (χ3n) is 5.34. The highest BCUT2D eigenvalue weighted by molar-refractivity contribution is 5.84. The summed E-state index contributed by atoms with van der Waals surface area (Å²) in [6.45, 7) is -0.171. The Kier molecular flexibility index (Phi) is 7.26.